The molecule has 17 heavy (non-hydrogen) atoms. The standard InChI is InChI=1S/C16H22O/c1-4-13(2)9-8-10-14(3)16(17)15-11-6-5-7-12-15/h5-8,10-13,16-17H,3-4,9H2,1-2H3/b10-8-. The van der Waals surface area contributed by atoms with Crippen LogP contribution < -0.4 is 0 Å². The van der Waals surface area contributed by atoms with Gasteiger partial charge in [0.15, 0.2) is 0 Å². The summed E-state index contributed by atoms with van der Waals surface area (Å²) < 4.78 is 0. The normalized spacial score (nSPS) is 14.8. The van der Waals surface area contributed by atoms with Crippen molar-refractivity contribution in [3.05, 3.63) is 60.2 Å². The van der Waals surface area contributed by atoms with E-state index in [1.54, 1.807) is 0 Å². The van der Waals surface area contributed by atoms with Gasteiger partial charge in [-0.3, -0.25) is 0 Å². The van der Waals surface area contributed by atoms with Crippen molar-refractivity contribution < 1.29 is 5.11 Å². The highest BCUT2D eigenvalue weighted by molar-refractivity contribution is 5.30. The lowest BCUT2D eigenvalue weighted by atomic mass is 10.0. The SMILES string of the molecule is C=C(/C=C\CC(C)CC)C(O)c1ccccc1. The van der Waals surface area contributed by atoms with Crippen LogP contribution >= 0.6 is 0 Å². The van der Waals surface area contributed by atoms with E-state index in [0.717, 1.165) is 17.6 Å². The summed E-state index contributed by atoms with van der Waals surface area (Å²) in [4.78, 5) is 0. The third-order valence-corrected chi connectivity index (χ3v) is 3.03. The second kappa shape index (κ2) is 7.08. The van der Waals surface area contributed by atoms with Gasteiger partial charge in [0, 0.05) is 0 Å². The topological polar surface area (TPSA) is 20.2 Å². The highest BCUT2D eigenvalue weighted by atomic mass is 16.3. The maximum Gasteiger partial charge on any atom is 0.103 e. The Kier molecular flexibility index (Phi) is 5.71. The van der Waals surface area contributed by atoms with Crippen LogP contribution in [0.4, 0.5) is 0 Å². The quantitative estimate of drug-likeness (QED) is 0.724. The summed E-state index contributed by atoms with van der Waals surface area (Å²) in [6.45, 7) is 8.33. The highest BCUT2D eigenvalue weighted by Crippen LogP contribution is 2.21. The molecule has 2 unspecified atom stereocenters. The van der Waals surface area contributed by atoms with Crippen molar-refractivity contribution in [2.75, 3.05) is 0 Å². The average molecular weight is 230 g/mol. The third-order valence-electron chi connectivity index (χ3n) is 3.03. The van der Waals surface area contributed by atoms with E-state index in [-0.39, 0.29) is 0 Å². The monoisotopic (exact) mass is 230 g/mol. The van der Waals surface area contributed by atoms with Crippen LogP contribution in [-0.2, 0) is 0 Å². The molecule has 0 saturated heterocycles. The van der Waals surface area contributed by atoms with Gasteiger partial charge in [-0.25, -0.2) is 0 Å². The van der Waals surface area contributed by atoms with Crippen LogP contribution in [0.15, 0.2) is 54.6 Å². The van der Waals surface area contributed by atoms with Crippen molar-refractivity contribution in [2.45, 2.75) is 32.8 Å². The van der Waals surface area contributed by atoms with Gasteiger partial charge in [0.05, 0.1) is 0 Å². The lowest BCUT2D eigenvalue weighted by molar-refractivity contribution is 0.220. The Morgan fingerprint density at radius 1 is 1.35 bits per heavy atom. The third kappa shape index (κ3) is 4.58. The average Bonchev–Trinajstić information content (AvgIpc) is 2.38. The summed E-state index contributed by atoms with van der Waals surface area (Å²) in [6.07, 6.45) is 5.66. The van der Waals surface area contributed by atoms with Gasteiger partial charge in [0.25, 0.3) is 0 Å². The number of aliphatic hydroxyl groups is 1. The molecule has 0 radical (unpaired) electrons. The summed E-state index contributed by atoms with van der Waals surface area (Å²) >= 11 is 0. The van der Waals surface area contributed by atoms with Crippen LogP contribution in [0.2, 0.25) is 0 Å². The second-order valence-electron chi connectivity index (χ2n) is 4.54. The molecule has 1 N–H and O–H groups in total. The van der Waals surface area contributed by atoms with Crippen LogP contribution in [0.3, 0.4) is 0 Å². The molecular weight excluding hydrogens is 208 g/mol. The van der Waals surface area contributed by atoms with Gasteiger partial charge in [-0.2, -0.15) is 0 Å². The highest BCUT2D eigenvalue weighted by Gasteiger charge is 2.08. The smallest absolute Gasteiger partial charge is 0.103 e. The first-order valence-corrected chi connectivity index (χ1v) is 6.23. The molecule has 1 nitrogen and oxygen atoms in total. The van der Waals surface area contributed by atoms with E-state index in [4.69, 9.17) is 0 Å². The molecule has 0 heterocycles. The molecule has 0 aliphatic rings. The zero-order valence-electron chi connectivity index (χ0n) is 10.8. The molecular formula is C16H22O. The van der Waals surface area contributed by atoms with Crippen molar-refractivity contribution in [2.24, 2.45) is 5.92 Å². The van der Waals surface area contributed by atoms with Gasteiger partial charge in [0.2, 0.25) is 0 Å². The van der Waals surface area contributed by atoms with Gasteiger partial charge >= 0.3 is 0 Å². The fourth-order valence-electron chi connectivity index (χ4n) is 1.56. The Morgan fingerprint density at radius 2 is 2.00 bits per heavy atom. The molecule has 0 saturated carbocycles. The summed E-state index contributed by atoms with van der Waals surface area (Å²) in [5.74, 6) is 0.688. The van der Waals surface area contributed by atoms with Gasteiger partial charge in [-0.05, 0) is 23.5 Å². The lowest BCUT2D eigenvalue weighted by Gasteiger charge is -2.11. The molecule has 0 aliphatic carbocycles. The Hall–Kier alpha value is -1.34. The Bertz CT molecular complexity index is 364. The van der Waals surface area contributed by atoms with Gasteiger partial charge in [-0.1, -0.05) is 69.3 Å². The summed E-state index contributed by atoms with van der Waals surface area (Å²) in [5.41, 5.74) is 1.64. The number of aliphatic hydroxyl groups excluding tert-OH is 1. The molecule has 0 spiro atoms. The lowest BCUT2D eigenvalue weighted by Crippen LogP contribution is -1.98. The van der Waals surface area contributed by atoms with Crippen molar-refractivity contribution in [1.82, 2.24) is 0 Å². The largest absolute Gasteiger partial charge is 0.384 e. The first kappa shape index (κ1) is 13.7. The van der Waals surface area contributed by atoms with Gasteiger partial charge in [-0.15, -0.1) is 0 Å². The van der Waals surface area contributed by atoms with Crippen LogP contribution in [0.5, 0.6) is 0 Å². The Morgan fingerprint density at radius 3 is 2.59 bits per heavy atom. The van der Waals surface area contributed by atoms with Crippen LogP contribution in [0.1, 0.15) is 38.4 Å². The molecule has 0 fully saturated rings. The maximum atomic E-state index is 10.1. The minimum atomic E-state index is -0.593. The number of hydrogen-bond donors (Lipinski definition) is 1. The zero-order chi connectivity index (χ0) is 12.7. The van der Waals surface area contributed by atoms with Gasteiger partial charge in [0.1, 0.15) is 6.10 Å². The molecule has 1 heteroatoms. The minimum absolute atomic E-state index is 0.593. The van der Waals surface area contributed by atoms with E-state index in [1.807, 2.05) is 36.4 Å². The molecule has 92 valence electrons. The second-order valence-corrected chi connectivity index (χ2v) is 4.54. The first-order valence-electron chi connectivity index (χ1n) is 6.23. The van der Waals surface area contributed by atoms with Crippen LogP contribution in [-0.4, -0.2) is 5.11 Å². The van der Waals surface area contributed by atoms with Crippen LogP contribution in [0, 0.1) is 5.92 Å². The van der Waals surface area contributed by atoms with Crippen molar-refractivity contribution in [3.8, 4) is 0 Å². The minimum Gasteiger partial charge on any atom is -0.384 e. The van der Waals surface area contributed by atoms with Crippen molar-refractivity contribution in [1.29, 1.82) is 0 Å². The zero-order valence-corrected chi connectivity index (χ0v) is 10.8. The maximum absolute atomic E-state index is 10.1. The predicted octanol–water partition coefficient (Wildman–Crippen LogP) is 4.27. The number of rotatable bonds is 6. The molecule has 0 bridgehead atoms. The molecule has 1 aromatic rings. The predicted molar refractivity (Wildman–Crippen MR) is 73.8 cm³/mol. The van der Waals surface area contributed by atoms with E-state index in [1.165, 1.54) is 6.42 Å². The molecule has 0 aromatic heterocycles. The number of benzene rings is 1. The van der Waals surface area contributed by atoms with E-state index < -0.39 is 6.10 Å². The van der Waals surface area contributed by atoms with E-state index in [0.29, 0.717) is 5.92 Å². The molecule has 2 atom stereocenters. The van der Waals surface area contributed by atoms with E-state index in [9.17, 15) is 5.11 Å². The van der Waals surface area contributed by atoms with E-state index >= 15 is 0 Å². The van der Waals surface area contributed by atoms with E-state index in [2.05, 4.69) is 26.5 Å². The molecule has 0 amide bonds. The van der Waals surface area contributed by atoms with Crippen molar-refractivity contribution >= 4 is 0 Å². The number of allylic oxidation sites excluding steroid dienone is 1. The molecule has 1 aromatic carbocycles. The number of hydrogen-bond acceptors (Lipinski definition) is 1. The fourth-order valence-corrected chi connectivity index (χ4v) is 1.56. The summed E-state index contributed by atoms with van der Waals surface area (Å²) in [5, 5.41) is 10.1. The van der Waals surface area contributed by atoms with Crippen molar-refractivity contribution in [3.63, 3.8) is 0 Å². The molecule has 1 rings (SSSR count). The fraction of sp³-hybridized carbons (Fsp3) is 0.375. The Balaban J connectivity index is 2.53. The van der Waals surface area contributed by atoms with Gasteiger partial charge < -0.3 is 5.11 Å². The first-order chi connectivity index (χ1) is 8.15. The van der Waals surface area contributed by atoms with Crippen LogP contribution in [0.25, 0.3) is 0 Å². The summed E-state index contributed by atoms with van der Waals surface area (Å²) in [6, 6.07) is 9.62. The molecule has 0 aliphatic heterocycles. The summed E-state index contributed by atoms with van der Waals surface area (Å²) in [7, 11) is 0. The Labute approximate surface area is 104 Å².